The van der Waals surface area contributed by atoms with E-state index >= 15 is 0 Å². The molecule has 1 aliphatic rings. The van der Waals surface area contributed by atoms with E-state index in [1.165, 1.54) is 6.33 Å². The minimum absolute atomic E-state index is 0.149. The maximum atomic E-state index is 12.7. The highest BCUT2D eigenvalue weighted by molar-refractivity contribution is 5.78. The van der Waals surface area contributed by atoms with Gasteiger partial charge in [-0.2, -0.15) is 0 Å². The van der Waals surface area contributed by atoms with Gasteiger partial charge in [-0.25, -0.2) is 9.97 Å². The molecule has 1 atom stereocenters. The Hall–Kier alpha value is -2.63. The summed E-state index contributed by atoms with van der Waals surface area (Å²) >= 11 is 0. The van der Waals surface area contributed by atoms with E-state index < -0.39 is 0 Å². The minimum atomic E-state index is 0.149. The predicted molar refractivity (Wildman–Crippen MR) is 96.5 cm³/mol. The Morgan fingerprint density at radius 1 is 1.24 bits per heavy atom. The van der Waals surface area contributed by atoms with E-state index in [4.69, 9.17) is 4.74 Å². The van der Waals surface area contributed by atoms with Crippen molar-refractivity contribution < 1.29 is 9.53 Å². The van der Waals surface area contributed by atoms with Gasteiger partial charge in [0, 0.05) is 38.2 Å². The van der Waals surface area contributed by atoms with Gasteiger partial charge in [0.1, 0.15) is 12.1 Å². The number of carbonyl (C=O) groups excluding carboxylic acids is 1. The lowest BCUT2D eigenvalue weighted by atomic mass is 10.1. The van der Waals surface area contributed by atoms with Gasteiger partial charge in [-0.1, -0.05) is 37.3 Å². The summed E-state index contributed by atoms with van der Waals surface area (Å²) in [4.78, 5) is 25.3. The van der Waals surface area contributed by atoms with E-state index in [9.17, 15) is 4.79 Å². The highest BCUT2D eigenvalue weighted by Crippen LogP contribution is 2.22. The molecule has 6 heteroatoms. The van der Waals surface area contributed by atoms with Crippen molar-refractivity contribution in [2.45, 2.75) is 32.4 Å². The summed E-state index contributed by atoms with van der Waals surface area (Å²) in [6, 6.07) is 12.1. The zero-order valence-corrected chi connectivity index (χ0v) is 14.8. The van der Waals surface area contributed by atoms with Crippen molar-refractivity contribution in [1.82, 2.24) is 14.9 Å². The Labute approximate surface area is 148 Å². The van der Waals surface area contributed by atoms with Crippen molar-refractivity contribution in [3.05, 3.63) is 48.3 Å². The van der Waals surface area contributed by atoms with Crippen LogP contribution in [0.1, 0.15) is 25.3 Å². The normalized spacial score (nSPS) is 18.2. The molecule has 1 aromatic heterocycles. The Bertz CT molecular complexity index is 708. The van der Waals surface area contributed by atoms with Crippen molar-refractivity contribution in [2.24, 2.45) is 0 Å². The molecule has 0 aliphatic carbocycles. The Morgan fingerprint density at radius 3 is 2.76 bits per heavy atom. The molecule has 2 aromatic rings. The van der Waals surface area contributed by atoms with Crippen LogP contribution in [0.25, 0.3) is 0 Å². The standard InChI is InChI=1S/C19H24N4O2/c1-3-16-13-22(17-11-18(25-2)21-14-20-17)10-9-19(24)23(16)12-15-7-5-4-6-8-15/h4-8,11,14,16H,3,9-10,12-13H2,1-2H3. The van der Waals surface area contributed by atoms with Crippen molar-refractivity contribution >= 4 is 11.7 Å². The molecule has 0 saturated carbocycles. The van der Waals surface area contributed by atoms with Gasteiger partial charge in [-0.15, -0.1) is 0 Å². The van der Waals surface area contributed by atoms with Crippen molar-refractivity contribution in [1.29, 1.82) is 0 Å². The third-order valence-corrected chi connectivity index (χ3v) is 4.62. The molecule has 0 radical (unpaired) electrons. The number of ether oxygens (including phenoxy) is 1. The number of nitrogens with zero attached hydrogens (tertiary/aromatic N) is 4. The molecule has 0 N–H and O–H groups in total. The highest BCUT2D eigenvalue weighted by Gasteiger charge is 2.29. The van der Waals surface area contributed by atoms with E-state index in [0.29, 0.717) is 25.4 Å². The molecule has 0 bridgehead atoms. The van der Waals surface area contributed by atoms with E-state index in [0.717, 1.165) is 24.3 Å². The average molecular weight is 340 g/mol. The first-order valence-electron chi connectivity index (χ1n) is 8.65. The topological polar surface area (TPSA) is 58.6 Å². The zero-order valence-electron chi connectivity index (χ0n) is 14.8. The second-order valence-corrected chi connectivity index (χ2v) is 6.18. The zero-order chi connectivity index (χ0) is 17.6. The van der Waals surface area contributed by atoms with Crippen LogP contribution in [-0.2, 0) is 11.3 Å². The molecule has 1 saturated heterocycles. The monoisotopic (exact) mass is 340 g/mol. The van der Waals surface area contributed by atoms with Crippen LogP contribution in [0.15, 0.2) is 42.7 Å². The van der Waals surface area contributed by atoms with Gasteiger partial charge in [0.25, 0.3) is 0 Å². The molecule has 132 valence electrons. The fraction of sp³-hybridized carbons (Fsp3) is 0.421. The number of anilines is 1. The molecular weight excluding hydrogens is 316 g/mol. The van der Waals surface area contributed by atoms with Gasteiger partial charge in [0.2, 0.25) is 11.8 Å². The third kappa shape index (κ3) is 4.07. The van der Waals surface area contributed by atoms with Gasteiger partial charge < -0.3 is 14.5 Å². The fourth-order valence-electron chi connectivity index (χ4n) is 3.19. The molecule has 1 unspecified atom stereocenters. The van der Waals surface area contributed by atoms with Gasteiger partial charge in [0.15, 0.2) is 0 Å². The van der Waals surface area contributed by atoms with Crippen LogP contribution >= 0.6 is 0 Å². The lowest BCUT2D eigenvalue weighted by molar-refractivity contribution is -0.133. The fourth-order valence-corrected chi connectivity index (χ4v) is 3.19. The quantitative estimate of drug-likeness (QED) is 0.837. The number of hydrogen-bond acceptors (Lipinski definition) is 5. The number of hydrogen-bond donors (Lipinski definition) is 0. The molecule has 1 aromatic carbocycles. The first-order chi connectivity index (χ1) is 12.2. The summed E-state index contributed by atoms with van der Waals surface area (Å²) in [7, 11) is 1.59. The van der Waals surface area contributed by atoms with Crippen LogP contribution in [0, 0.1) is 0 Å². The smallest absolute Gasteiger partial charge is 0.224 e. The summed E-state index contributed by atoms with van der Waals surface area (Å²) in [6.45, 7) is 4.19. The summed E-state index contributed by atoms with van der Waals surface area (Å²) < 4.78 is 5.20. The minimum Gasteiger partial charge on any atom is -0.481 e. The maximum Gasteiger partial charge on any atom is 0.224 e. The van der Waals surface area contributed by atoms with Crippen LogP contribution in [0.3, 0.4) is 0 Å². The number of rotatable bonds is 5. The van der Waals surface area contributed by atoms with Crippen LogP contribution < -0.4 is 9.64 Å². The largest absolute Gasteiger partial charge is 0.481 e. The number of methoxy groups -OCH3 is 1. The summed E-state index contributed by atoms with van der Waals surface area (Å²) in [6.07, 6.45) is 2.89. The van der Waals surface area contributed by atoms with Gasteiger partial charge in [-0.05, 0) is 12.0 Å². The summed E-state index contributed by atoms with van der Waals surface area (Å²) in [5, 5.41) is 0. The van der Waals surface area contributed by atoms with E-state index in [1.807, 2.05) is 29.2 Å². The van der Waals surface area contributed by atoms with Crippen LogP contribution in [0.5, 0.6) is 5.88 Å². The molecule has 1 amide bonds. The van der Waals surface area contributed by atoms with Crippen molar-refractivity contribution in [2.75, 3.05) is 25.1 Å². The molecule has 3 rings (SSSR count). The van der Waals surface area contributed by atoms with Crippen LogP contribution in [0.4, 0.5) is 5.82 Å². The molecule has 0 spiro atoms. The maximum absolute atomic E-state index is 12.7. The first kappa shape index (κ1) is 17.2. The number of aromatic nitrogens is 2. The molecule has 6 nitrogen and oxygen atoms in total. The second kappa shape index (κ2) is 7.96. The number of amides is 1. The van der Waals surface area contributed by atoms with Crippen LogP contribution in [0.2, 0.25) is 0 Å². The van der Waals surface area contributed by atoms with E-state index in [-0.39, 0.29) is 11.9 Å². The number of benzene rings is 1. The van der Waals surface area contributed by atoms with Gasteiger partial charge >= 0.3 is 0 Å². The highest BCUT2D eigenvalue weighted by atomic mass is 16.5. The Morgan fingerprint density at radius 2 is 2.04 bits per heavy atom. The summed E-state index contributed by atoms with van der Waals surface area (Å²) in [5.41, 5.74) is 1.16. The SMILES string of the molecule is CCC1CN(c2cc(OC)ncn2)CCC(=O)N1Cc1ccccc1. The Balaban J connectivity index is 1.80. The number of carbonyl (C=O) groups is 1. The van der Waals surface area contributed by atoms with Crippen molar-refractivity contribution in [3.8, 4) is 5.88 Å². The van der Waals surface area contributed by atoms with Crippen LogP contribution in [-0.4, -0.2) is 47.0 Å². The Kier molecular flexibility index (Phi) is 5.48. The lowest BCUT2D eigenvalue weighted by Crippen LogP contribution is -2.42. The van der Waals surface area contributed by atoms with Gasteiger partial charge in [-0.3, -0.25) is 4.79 Å². The summed E-state index contributed by atoms with van der Waals surface area (Å²) in [5.74, 6) is 1.54. The lowest BCUT2D eigenvalue weighted by Gasteiger charge is -2.31. The molecular formula is C19H24N4O2. The molecule has 2 heterocycles. The predicted octanol–water partition coefficient (Wildman–Crippen LogP) is 2.50. The third-order valence-electron chi connectivity index (χ3n) is 4.62. The molecule has 25 heavy (non-hydrogen) atoms. The van der Waals surface area contributed by atoms with Crippen molar-refractivity contribution in [3.63, 3.8) is 0 Å². The molecule has 1 fully saturated rings. The first-order valence-corrected chi connectivity index (χ1v) is 8.65. The second-order valence-electron chi connectivity index (χ2n) is 6.18. The van der Waals surface area contributed by atoms with E-state index in [2.05, 4.69) is 33.9 Å². The van der Waals surface area contributed by atoms with Gasteiger partial charge in [0.05, 0.1) is 7.11 Å². The molecule has 1 aliphatic heterocycles. The van der Waals surface area contributed by atoms with E-state index in [1.54, 1.807) is 7.11 Å². The average Bonchev–Trinajstić information content (AvgIpc) is 2.82.